The van der Waals surface area contributed by atoms with Crippen LogP contribution in [0.25, 0.3) is 0 Å². The van der Waals surface area contributed by atoms with Gasteiger partial charge >= 0.3 is 5.97 Å². The SMILES string of the molecule is Cc1cnc(NS(=O)(=O)c2ccc(C(=O)O)o2)s1. The molecule has 0 aromatic carbocycles. The number of nitrogens with zero attached hydrogens (tertiary/aromatic N) is 1. The minimum atomic E-state index is -3.94. The first-order chi connectivity index (χ1) is 8.38. The van der Waals surface area contributed by atoms with Crippen molar-refractivity contribution in [3.63, 3.8) is 0 Å². The van der Waals surface area contributed by atoms with E-state index in [1.54, 1.807) is 6.92 Å². The topological polar surface area (TPSA) is 110 Å². The summed E-state index contributed by atoms with van der Waals surface area (Å²) in [6.07, 6.45) is 1.52. The van der Waals surface area contributed by atoms with Crippen LogP contribution in [-0.4, -0.2) is 24.5 Å². The van der Waals surface area contributed by atoms with Gasteiger partial charge in [0.2, 0.25) is 10.9 Å². The largest absolute Gasteiger partial charge is 0.475 e. The number of aromatic nitrogens is 1. The zero-order chi connectivity index (χ0) is 13.3. The molecule has 2 heterocycles. The van der Waals surface area contributed by atoms with Gasteiger partial charge in [0.1, 0.15) is 0 Å². The van der Waals surface area contributed by atoms with Gasteiger partial charge in [-0.3, -0.25) is 4.72 Å². The molecule has 0 bridgehead atoms. The highest BCUT2D eigenvalue weighted by Gasteiger charge is 2.22. The first-order valence-electron chi connectivity index (χ1n) is 4.67. The van der Waals surface area contributed by atoms with Crippen LogP contribution in [0.3, 0.4) is 0 Å². The van der Waals surface area contributed by atoms with Crippen molar-refractivity contribution in [3.8, 4) is 0 Å². The van der Waals surface area contributed by atoms with Crippen molar-refractivity contribution < 1.29 is 22.7 Å². The van der Waals surface area contributed by atoms with Crippen molar-refractivity contribution in [2.75, 3.05) is 4.72 Å². The molecule has 7 nitrogen and oxygen atoms in total. The summed E-state index contributed by atoms with van der Waals surface area (Å²) in [6, 6.07) is 2.15. The molecule has 9 heteroatoms. The molecule has 2 N–H and O–H groups in total. The zero-order valence-electron chi connectivity index (χ0n) is 9.08. The van der Waals surface area contributed by atoms with Gasteiger partial charge in [-0.25, -0.2) is 9.78 Å². The molecule has 0 fully saturated rings. The molecular weight excluding hydrogens is 280 g/mol. The maximum absolute atomic E-state index is 11.8. The van der Waals surface area contributed by atoms with Gasteiger partial charge in [0, 0.05) is 11.1 Å². The van der Waals surface area contributed by atoms with E-state index in [4.69, 9.17) is 9.52 Å². The molecule has 0 aliphatic heterocycles. The second-order valence-corrected chi connectivity index (χ2v) is 6.15. The lowest BCUT2D eigenvalue weighted by molar-refractivity contribution is 0.0656. The van der Waals surface area contributed by atoms with Crippen LogP contribution in [-0.2, 0) is 10.0 Å². The van der Waals surface area contributed by atoms with Gasteiger partial charge in [-0.2, -0.15) is 8.42 Å². The smallest absolute Gasteiger partial charge is 0.371 e. The molecule has 96 valence electrons. The maximum Gasteiger partial charge on any atom is 0.371 e. The van der Waals surface area contributed by atoms with E-state index >= 15 is 0 Å². The number of carbonyl (C=O) groups is 1. The second-order valence-electron chi connectivity index (χ2n) is 3.31. The van der Waals surface area contributed by atoms with Crippen LogP contribution in [0, 0.1) is 6.92 Å². The van der Waals surface area contributed by atoms with Gasteiger partial charge in [-0.15, -0.1) is 11.3 Å². The number of carboxylic acids is 1. The standard InChI is InChI=1S/C9H8N2O5S2/c1-5-4-10-9(17-5)11-18(14,15)7-3-2-6(16-7)8(12)13/h2-4H,1H3,(H,10,11)(H,12,13). The number of sulfonamides is 1. The van der Waals surface area contributed by atoms with Crippen molar-refractivity contribution in [3.05, 3.63) is 29.0 Å². The van der Waals surface area contributed by atoms with Gasteiger partial charge in [0.05, 0.1) is 0 Å². The van der Waals surface area contributed by atoms with E-state index in [0.717, 1.165) is 28.3 Å². The Morgan fingerprint density at radius 3 is 2.72 bits per heavy atom. The number of thiazole rings is 1. The fourth-order valence-corrected chi connectivity index (χ4v) is 2.99. The maximum atomic E-state index is 11.8. The van der Waals surface area contributed by atoms with E-state index in [0.29, 0.717) is 0 Å². The molecule has 0 amide bonds. The van der Waals surface area contributed by atoms with Crippen molar-refractivity contribution in [1.29, 1.82) is 0 Å². The molecule has 2 aromatic heterocycles. The lowest BCUT2D eigenvalue weighted by atomic mass is 10.5. The van der Waals surface area contributed by atoms with Gasteiger partial charge in [-0.05, 0) is 19.1 Å². The van der Waals surface area contributed by atoms with Crippen LogP contribution < -0.4 is 4.72 Å². The Bertz CT molecular complexity index is 685. The predicted octanol–water partition coefficient (Wildman–Crippen LogP) is 1.54. The number of nitrogens with one attached hydrogen (secondary N) is 1. The monoisotopic (exact) mass is 288 g/mol. The lowest BCUT2D eigenvalue weighted by Gasteiger charge is -2.00. The fraction of sp³-hybridized carbons (Fsp3) is 0.111. The van der Waals surface area contributed by atoms with Crippen LogP contribution in [0.1, 0.15) is 15.4 Å². The summed E-state index contributed by atoms with van der Waals surface area (Å²) in [5.41, 5.74) is 0. The molecule has 0 saturated heterocycles. The van der Waals surface area contributed by atoms with Gasteiger partial charge in [0.25, 0.3) is 10.0 Å². The van der Waals surface area contributed by atoms with Crippen LogP contribution in [0.5, 0.6) is 0 Å². The number of hydrogen-bond acceptors (Lipinski definition) is 6. The average molecular weight is 288 g/mol. The summed E-state index contributed by atoms with van der Waals surface area (Å²) in [5, 5.41) is 8.37. The third-order valence-electron chi connectivity index (χ3n) is 1.90. The van der Waals surface area contributed by atoms with Crippen molar-refractivity contribution >= 4 is 32.5 Å². The summed E-state index contributed by atoms with van der Waals surface area (Å²) >= 11 is 1.16. The third-order valence-corrected chi connectivity index (χ3v) is 4.07. The van der Waals surface area contributed by atoms with E-state index in [9.17, 15) is 13.2 Å². The van der Waals surface area contributed by atoms with Crippen LogP contribution >= 0.6 is 11.3 Å². The number of hydrogen-bond donors (Lipinski definition) is 2. The van der Waals surface area contributed by atoms with Gasteiger partial charge in [0.15, 0.2) is 5.13 Å². The van der Waals surface area contributed by atoms with Gasteiger partial charge in [-0.1, -0.05) is 0 Å². The molecule has 18 heavy (non-hydrogen) atoms. The number of aryl methyl sites for hydroxylation is 1. The summed E-state index contributed by atoms with van der Waals surface area (Å²) in [5.74, 6) is -1.77. The predicted molar refractivity (Wildman–Crippen MR) is 63.3 cm³/mol. The van der Waals surface area contributed by atoms with Crippen LogP contribution in [0.15, 0.2) is 27.8 Å². The Hall–Kier alpha value is -1.87. The highest BCUT2D eigenvalue weighted by atomic mass is 32.2. The van der Waals surface area contributed by atoms with Crippen molar-refractivity contribution in [1.82, 2.24) is 4.98 Å². The van der Waals surface area contributed by atoms with Crippen molar-refractivity contribution in [2.24, 2.45) is 0 Å². The van der Waals surface area contributed by atoms with Crippen molar-refractivity contribution in [2.45, 2.75) is 12.0 Å². The quantitative estimate of drug-likeness (QED) is 0.883. The van der Waals surface area contributed by atoms with Crippen LogP contribution in [0.4, 0.5) is 5.13 Å². The molecule has 0 atom stereocenters. The Labute approximate surface area is 106 Å². The summed E-state index contributed by atoms with van der Waals surface area (Å²) < 4.78 is 30.5. The number of carboxylic acid groups (broad SMARTS) is 1. The highest BCUT2D eigenvalue weighted by molar-refractivity contribution is 7.92. The molecule has 0 saturated carbocycles. The minimum Gasteiger partial charge on any atom is -0.475 e. The van der Waals surface area contributed by atoms with E-state index in [1.165, 1.54) is 6.20 Å². The number of aromatic carboxylic acids is 1. The van der Waals surface area contributed by atoms with Gasteiger partial charge < -0.3 is 9.52 Å². The van der Waals surface area contributed by atoms with E-state index in [-0.39, 0.29) is 5.13 Å². The molecule has 0 aliphatic rings. The second kappa shape index (κ2) is 4.42. The Morgan fingerprint density at radius 2 is 2.22 bits per heavy atom. The lowest BCUT2D eigenvalue weighted by Crippen LogP contribution is -2.11. The Morgan fingerprint density at radius 1 is 1.50 bits per heavy atom. The summed E-state index contributed by atoms with van der Waals surface area (Å²) in [6.45, 7) is 1.78. The first-order valence-corrected chi connectivity index (χ1v) is 6.97. The number of rotatable bonds is 4. The average Bonchev–Trinajstić information content (AvgIpc) is 2.86. The normalized spacial score (nSPS) is 11.4. The summed E-state index contributed by atoms with van der Waals surface area (Å²) in [7, 11) is -3.94. The van der Waals surface area contributed by atoms with E-state index in [1.807, 2.05) is 0 Å². The Balaban J connectivity index is 2.27. The molecule has 0 unspecified atom stereocenters. The minimum absolute atomic E-state index is 0.195. The molecular formula is C9H8N2O5S2. The molecule has 0 spiro atoms. The fourth-order valence-electron chi connectivity index (χ4n) is 1.15. The van der Waals surface area contributed by atoms with Crippen LogP contribution in [0.2, 0.25) is 0 Å². The molecule has 0 aliphatic carbocycles. The highest BCUT2D eigenvalue weighted by Crippen LogP contribution is 2.22. The number of anilines is 1. The summed E-state index contributed by atoms with van der Waals surface area (Å²) in [4.78, 5) is 15.3. The molecule has 2 aromatic rings. The van der Waals surface area contributed by atoms with E-state index < -0.39 is 26.8 Å². The molecule has 2 rings (SSSR count). The third kappa shape index (κ3) is 2.51. The molecule has 0 radical (unpaired) electrons. The first kappa shape index (κ1) is 12.6. The zero-order valence-corrected chi connectivity index (χ0v) is 10.7. The number of furan rings is 1. The Kier molecular flexibility index (Phi) is 3.09. The van der Waals surface area contributed by atoms with E-state index in [2.05, 4.69) is 9.71 Å².